The zero-order chi connectivity index (χ0) is 20.2. The number of esters is 1. The minimum absolute atomic E-state index is 0.0264. The summed E-state index contributed by atoms with van der Waals surface area (Å²) in [4.78, 5) is 11.9. The van der Waals surface area contributed by atoms with Crippen LogP contribution < -0.4 is 0 Å². The van der Waals surface area contributed by atoms with Gasteiger partial charge in [0.25, 0.3) is 0 Å². The zero-order valence-electron chi connectivity index (χ0n) is 17.1. The van der Waals surface area contributed by atoms with Crippen LogP contribution in [-0.2, 0) is 9.53 Å². The molecule has 0 aromatic heterocycles. The molecule has 0 amide bonds. The van der Waals surface area contributed by atoms with E-state index in [2.05, 4.69) is 6.92 Å². The fourth-order valence-corrected chi connectivity index (χ4v) is 3.80. The predicted octanol–water partition coefficient (Wildman–Crippen LogP) is 7.22. The largest absolute Gasteiger partial charge is 0.462 e. The van der Waals surface area contributed by atoms with E-state index in [4.69, 9.17) is 4.74 Å². The molecule has 1 saturated carbocycles. The molecular formula is C24H34F2O2. The quantitative estimate of drug-likeness (QED) is 0.293. The molecule has 4 heteroatoms. The van der Waals surface area contributed by atoms with E-state index in [1.54, 1.807) is 6.07 Å². The number of hydrogen-bond donors (Lipinski definition) is 0. The first-order chi connectivity index (χ1) is 13.5. The van der Waals surface area contributed by atoms with Crippen LogP contribution >= 0.6 is 0 Å². The van der Waals surface area contributed by atoms with E-state index < -0.39 is 11.6 Å². The summed E-state index contributed by atoms with van der Waals surface area (Å²) >= 11 is 0. The van der Waals surface area contributed by atoms with Gasteiger partial charge in [-0.3, -0.25) is 4.79 Å². The van der Waals surface area contributed by atoms with Gasteiger partial charge < -0.3 is 4.74 Å². The fraction of sp³-hybridized carbons (Fsp3) is 0.625. The lowest BCUT2D eigenvalue weighted by Crippen LogP contribution is -2.24. The number of hydrogen-bond acceptors (Lipinski definition) is 2. The maximum Gasteiger partial charge on any atom is 0.306 e. The average Bonchev–Trinajstić information content (AvgIpc) is 2.66. The zero-order valence-corrected chi connectivity index (χ0v) is 17.1. The number of rotatable bonds is 11. The molecule has 156 valence electrons. The standard InChI is InChI=1S/C24H34F2O2/c1-19-11-10-13-21(17-19)28-24(27)14-9-7-5-3-2-4-6-8-12-20-15-16-22(25)23(26)18-20/h8,12,15-16,18-19,21H,2-7,9-11,13-14,17H2,1H3/b12-8+/t19-,21?/m1/s1. The Morgan fingerprint density at radius 3 is 2.57 bits per heavy atom. The van der Waals surface area contributed by atoms with Crippen LogP contribution in [-0.4, -0.2) is 12.1 Å². The Bertz CT molecular complexity index is 627. The molecule has 0 N–H and O–H groups in total. The molecule has 0 bridgehead atoms. The van der Waals surface area contributed by atoms with Crippen LogP contribution in [0.5, 0.6) is 0 Å². The number of halogens is 2. The van der Waals surface area contributed by atoms with Crippen LogP contribution in [0, 0.1) is 17.6 Å². The van der Waals surface area contributed by atoms with E-state index in [1.165, 1.54) is 18.9 Å². The van der Waals surface area contributed by atoms with Gasteiger partial charge in [-0.15, -0.1) is 0 Å². The summed E-state index contributed by atoms with van der Waals surface area (Å²) < 4.78 is 31.5. The van der Waals surface area contributed by atoms with E-state index >= 15 is 0 Å². The molecule has 1 aromatic rings. The van der Waals surface area contributed by atoms with Gasteiger partial charge in [-0.1, -0.05) is 57.2 Å². The molecule has 1 unspecified atom stereocenters. The third-order valence-electron chi connectivity index (χ3n) is 5.44. The normalized spacial score (nSPS) is 19.8. The van der Waals surface area contributed by atoms with Crippen molar-refractivity contribution >= 4 is 12.0 Å². The first-order valence-electron chi connectivity index (χ1n) is 10.9. The maximum atomic E-state index is 13.1. The molecule has 1 aliphatic rings. The van der Waals surface area contributed by atoms with Crippen molar-refractivity contribution in [3.8, 4) is 0 Å². The van der Waals surface area contributed by atoms with Crippen molar-refractivity contribution in [2.45, 2.75) is 90.1 Å². The highest BCUT2D eigenvalue weighted by Crippen LogP contribution is 2.26. The third-order valence-corrected chi connectivity index (χ3v) is 5.44. The summed E-state index contributed by atoms with van der Waals surface area (Å²) in [5.41, 5.74) is 0.688. The highest BCUT2D eigenvalue weighted by atomic mass is 19.2. The minimum Gasteiger partial charge on any atom is -0.462 e. The molecule has 28 heavy (non-hydrogen) atoms. The smallest absolute Gasteiger partial charge is 0.306 e. The first kappa shape index (κ1) is 22.6. The van der Waals surface area contributed by atoms with E-state index in [0.717, 1.165) is 63.9 Å². The van der Waals surface area contributed by atoms with Gasteiger partial charge in [-0.25, -0.2) is 8.78 Å². The molecule has 0 spiro atoms. The molecule has 1 aliphatic carbocycles. The van der Waals surface area contributed by atoms with Gasteiger partial charge in [-0.05, 0) is 62.1 Å². The van der Waals surface area contributed by atoms with Gasteiger partial charge in [-0.2, -0.15) is 0 Å². The second kappa shape index (κ2) is 12.7. The maximum absolute atomic E-state index is 13.1. The van der Waals surface area contributed by atoms with Crippen LogP contribution in [0.4, 0.5) is 8.78 Å². The van der Waals surface area contributed by atoms with Crippen LogP contribution in [0.15, 0.2) is 24.3 Å². The molecular weight excluding hydrogens is 358 g/mol. The summed E-state index contributed by atoms with van der Waals surface area (Å²) in [7, 11) is 0. The predicted molar refractivity (Wildman–Crippen MR) is 110 cm³/mol. The summed E-state index contributed by atoms with van der Waals surface area (Å²) in [5.74, 6) is -0.965. The lowest BCUT2D eigenvalue weighted by Gasteiger charge is -2.26. The first-order valence-corrected chi connectivity index (χ1v) is 10.9. The van der Waals surface area contributed by atoms with Crippen molar-refractivity contribution in [1.82, 2.24) is 0 Å². The van der Waals surface area contributed by atoms with Gasteiger partial charge >= 0.3 is 5.97 Å². The SMILES string of the molecule is C[C@@H]1CCCC(OC(=O)CCCCCCCC/C=C/c2ccc(F)c(F)c2)C1. The van der Waals surface area contributed by atoms with E-state index in [0.29, 0.717) is 17.9 Å². The summed E-state index contributed by atoms with van der Waals surface area (Å²) in [6.07, 6.45) is 16.5. The average molecular weight is 393 g/mol. The molecule has 0 radical (unpaired) electrons. The van der Waals surface area contributed by atoms with E-state index in [1.807, 2.05) is 12.2 Å². The molecule has 0 saturated heterocycles. The molecule has 2 atom stereocenters. The number of carbonyl (C=O) groups excluding carboxylic acids is 1. The topological polar surface area (TPSA) is 26.3 Å². The number of ether oxygens (including phenoxy) is 1. The molecule has 1 aromatic carbocycles. The van der Waals surface area contributed by atoms with Crippen molar-refractivity contribution < 1.29 is 18.3 Å². The number of carbonyl (C=O) groups is 1. The molecule has 0 aliphatic heterocycles. The Morgan fingerprint density at radius 2 is 1.82 bits per heavy atom. The number of allylic oxidation sites excluding steroid dienone is 1. The lowest BCUT2D eigenvalue weighted by atomic mass is 9.89. The molecule has 2 rings (SSSR count). The van der Waals surface area contributed by atoms with Crippen molar-refractivity contribution in [2.24, 2.45) is 5.92 Å². The van der Waals surface area contributed by atoms with E-state index in [9.17, 15) is 13.6 Å². The molecule has 1 fully saturated rings. The number of benzene rings is 1. The Labute approximate surface area is 168 Å². The van der Waals surface area contributed by atoms with Gasteiger partial charge in [0, 0.05) is 6.42 Å². The molecule has 2 nitrogen and oxygen atoms in total. The third kappa shape index (κ3) is 8.99. The summed E-state index contributed by atoms with van der Waals surface area (Å²) in [6, 6.07) is 3.95. The lowest BCUT2D eigenvalue weighted by molar-refractivity contribution is -0.151. The second-order valence-electron chi connectivity index (χ2n) is 8.12. The Morgan fingerprint density at radius 1 is 1.07 bits per heavy atom. The highest BCUT2D eigenvalue weighted by Gasteiger charge is 2.21. The Balaban J connectivity index is 1.43. The van der Waals surface area contributed by atoms with Crippen molar-refractivity contribution in [2.75, 3.05) is 0 Å². The van der Waals surface area contributed by atoms with Crippen molar-refractivity contribution in [1.29, 1.82) is 0 Å². The van der Waals surface area contributed by atoms with Gasteiger partial charge in [0.2, 0.25) is 0 Å². The van der Waals surface area contributed by atoms with E-state index in [-0.39, 0.29) is 12.1 Å². The van der Waals surface area contributed by atoms with Crippen LogP contribution in [0.2, 0.25) is 0 Å². The highest BCUT2D eigenvalue weighted by molar-refractivity contribution is 5.69. The van der Waals surface area contributed by atoms with Gasteiger partial charge in [0.15, 0.2) is 11.6 Å². The van der Waals surface area contributed by atoms with Crippen LogP contribution in [0.1, 0.15) is 89.5 Å². The minimum atomic E-state index is -0.811. The monoisotopic (exact) mass is 392 g/mol. The van der Waals surface area contributed by atoms with Gasteiger partial charge in [0.05, 0.1) is 0 Å². The Kier molecular flexibility index (Phi) is 10.2. The summed E-state index contributed by atoms with van der Waals surface area (Å²) in [6.45, 7) is 2.23. The second-order valence-corrected chi connectivity index (χ2v) is 8.12. The van der Waals surface area contributed by atoms with Crippen molar-refractivity contribution in [3.63, 3.8) is 0 Å². The number of unbranched alkanes of at least 4 members (excludes halogenated alkanes) is 6. The van der Waals surface area contributed by atoms with Crippen LogP contribution in [0.3, 0.4) is 0 Å². The summed E-state index contributed by atoms with van der Waals surface area (Å²) in [5, 5.41) is 0. The molecule has 0 heterocycles. The van der Waals surface area contributed by atoms with Crippen molar-refractivity contribution in [3.05, 3.63) is 41.5 Å². The van der Waals surface area contributed by atoms with Gasteiger partial charge in [0.1, 0.15) is 6.10 Å². The Hall–Kier alpha value is -1.71. The van der Waals surface area contributed by atoms with Crippen LogP contribution in [0.25, 0.3) is 6.08 Å². The fourth-order valence-electron chi connectivity index (χ4n) is 3.80.